The average Bonchev–Trinajstić information content (AvgIpc) is 2.65. The number of sulfonamides is 1. The number of hydrogen-bond donors (Lipinski definition) is 2. The summed E-state index contributed by atoms with van der Waals surface area (Å²) < 4.78 is 31.5. The van der Waals surface area contributed by atoms with Crippen LogP contribution in [0.3, 0.4) is 0 Å². The molecule has 0 aromatic heterocycles. The van der Waals surface area contributed by atoms with Gasteiger partial charge in [0.15, 0.2) is 6.61 Å². The number of ether oxygens (including phenoxy) is 1. The first-order valence-electron chi connectivity index (χ1n) is 8.41. The number of nitrogens with one attached hydrogen (secondary N) is 2. The van der Waals surface area contributed by atoms with Crippen molar-refractivity contribution in [3.05, 3.63) is 65.2 Å². The fourth-order valence-corrected chi connectivity index (χ4v) is 3.38. The minimum atomic E-state index is -3.69. The van der Waals surface area contributed by atoms with Gasteiger partial charge < -0.3 is 10.1 Å². The number of benzene rings is 2. The van der Waals surface area contributed by atoms with Gasteiger partial charge in [0.05, 0.1) is 10.5 Å². The van der Waals surface area contributed by atoms with E-state index in [1.165, 1.54) is 18.2 Å². The number of carbonyl (C=O) groups excluding carboxylic acids is 2. The number of esters is 1. The van der Waals surface area contributed by atoms with Crippen molar-refractivity contribution in [3.63, 3.8) is 0 Å². The summed E-state index contributed by atoms with van der Waals surface area (Å²) in [6, 6.07) is 13.5. The minimum Gasteiger partial charge on any atom is -0.452 e. The molecule has 0 radical (unpaired) electrons. The van der Waals surface area contributed by atoms with E-state index in [0.717, 1.165) is 5.56 Å². The zero-order chi connectivity index (χ0) is 19.9. The fraction of sp³-hybridized carbons (Fsp3) is 0.263. The Balaban J connectivity index is 1.98. The zero-order valence-corrected chi connectivity index (χ0v) is 16.0. The van der Waals surface area contributed by atoms with Crippen molar-refractivity contribution in [1.29, 1.82) is 0 Å². The Morgan fingerprint density at radius 3 is 2.44 bits per heavy atom. The van der Waals surface area contributed by atoms with Crippen molar-refractivity contribution in [2.24, 2.45) is 0 Å². The Hall–Kier alpha value is -2.71. The van der Waals surface area contributed by atoms with Gasteiger partial charge >= 0.3 is 5.97 Å². The minimum absolute atomic E-state index is 0.0320. The largest absolute Gasteiger partial charge is 0.452 e. The molecule has 0 atom stereocenters. The van der Waals surface area contributed by atoms with Crippen LogP contribution in [-0.2, 0) is 26.1 Å². The van der Waals surface area contributed by atoms with E-state index in [2.05, 4.69) is 10.0 Å². The van der Waals surface area contributed by atoms with Gasteiger partial charge in [0.25, 0.3) is 5.91 Å². The summed E-state index contributed by atoms with van der Waals surface area (Å²) in [5.41, 5.74) is 1.58. The van der Waals surface area contributed by atoms with E-state index in [9.17, 15) is 18.0 Å². The molecule has 0 aliphatic rings. The van der Waals surface area contributed by atoms with Crippen LogP contribution >= 0.6 is 0 Å². The first-order chi connectivity index (χ1) is 12.8. The maximum absolute atomic E-state index is 12.3. The van der Waals surface area contributed by atoms with E-state index in [1.54, 1.807) is 13.8 Å². The molecule has 0 spiro atoms. The third-order valence-corrected chi connectivity index (χ3v) is 5.28. The van der Waals surface area contributed by atoms with E-state index in [0.29, 0.717) is 12.1 Å². The standard InChI is InChI=1S/C19H22N2O5S/c1-3-21-27(24,25)16-10-9-14(2)17(11-16)19(23)26-13-18(22)20-12-15-7-5-4-6-8-15/h4-11,21H,3,12-13H2,1-2H3,(H,20,22). The third-order valence-electron chi connectivity index (χ3n) is 3.74. The topological polar surface area (TPSA) is 102 Å². The second kappa shape index (κ2) is 9.29. The highest BCUT2D eigenvalue weighted by Crippen LogP contribution is 2.16. The number of amides is 1. The molecule has 144 valence electrons. The average molecular weight is 390 g/mol. The van der Waals surface area contributed by atoms with Crippen LogP contribution in [0.15, 0.2) is 53.4 Å². The van der Waals surface area contributed by atoms with Crippen molar-refractivity contribution in [2.45, 2.75) is 25.3 Å². The van der Waals surface area contributed by atoms with Gasteiger partial charge in [-0.3, -0.25) is 4.79 Å². The predicted molar refractivity (Wildman–Crippen MR) is 101 cm³/mol. The zero-order valence-electron chi connectivity index (χ0n) is 15.2. The van der Waals surface area contributed by atoms with Crippen LogP contribution in [0, 0.1) is 6.92 Å². The van der Waals surface area contributed by atoms with Gasteiger partial charge in [0, 0.05) is 13.1 Å². The molecule has 7 nitrogen and oxygen atoms in total. The molecule has 0 aliphatic heterocycles. The van der Waals surface area contributed by atoms with Gasteiger partial charge in [-0.05, 0) is 30.2 Å². The Morgan fingerprint density at radius 2 is 1.78 bits per heavy atom. The lowest BCUT2D eigenvalue weighted by Gasteiger charge is -2.10. The van der Waals surface area contributed by atoms with Crippen LogP contribution in [0.25, 0.3) is 0 Å². The van der Waals surface area contributed by atoms with Gasteiger partial charge in [-0.2, -0.15) is 0 Å². The molecular formula is C19H22N2O5S. The van der Waals surface area contributed by atoms with Crippen LogP contribution in [0.1, 0.15) is 28.4 Å². The summed E-state index contributed by atoms with van der Waals surface area (Å²) in [5, 5.41) is 2.65. The molecular weight excluding hydrogens is 368 g/mol. The molecule has 2 aromatic rings. The van der Waals surface area contributed by atoms with E-state index in [-0.39, 0.29) is 17.0 Å². The molecule has 0 saturated heterocycles. The second-order valence-corrected chi connectivity index (χ2v) is 7.58. The van der Waals surface area contributed by atoms with Crippen molar-refractivity contribution in [1.82, 2.24) is 10.0 Å². The smallest absolute Gasteiger partial charge is 0.338 e. The summed E-state index contributed by atoms with van der Waals surface area (Å²) in [7, 11) is -3.69. The molecule has 0 aliphatic carbocycles. The number of carbonyl (C=O) groups is 2. The van der Waals surface area contributed by atoms with Gasteiger partial charge in [-0.1, -0.05) is 43.3 Å². The molecule has 0 fully saturated rings. The van der Waals surface area contributed by atoms with E-state index >= 15 is 0 Å². The SMILES string of the molecule is CCNS(=O)(=O)c1ccc(C)c(C(=O)OCC(=O)NCc2ccccc2)c1. The summed E-state index contributed by atoms with van der Waals surface area (Å²) >= 11 is 0. The van der Waals surface area contributed by atoms with E-state index in [4.69, 9.17) is 4.74 Å². The van der Waals surface area contributed by atoms with Crippen LogP contribution in [0.2, 0.25) is 0 Å². The highest BCUT2D eigenvalue weighted by Gasteiger charge is 2.18. The summed E-state index contributed by atoms with van der Waals surface area (Å²) in [5.74, 6) is -1.20. The van der Waals surface area contributed by atoms with Gasteiger partial charge in [-0.15, -0.1) is 0 Å². The Kier molecular flexibility index (Phi) is 7.09. The molecule has 2 aromatic carbocycles. The van der Waals surface area contributed by atoms with Crippen molar-refractivity contribution in [2.75, 3.05) is 13.2 Å². The predicted octanol–water partition coefficient (Wildman–Crippen LogP) is 1.77. The summed E-state index contributed by atoms with van der Waals surface area (Å²) in [6.45, 7) is 3.43. The monoisotopic (exact) mass is 390 g/mol. The molecule has 1 amide bonds. The maximum Gasteiger partial charge on any atom is 0.338 e. The number of hydrogen-bond acceptors (Lipinski definition) is 5. The fourth-order valence-electron chi connectivity index (χ4n) is 2.32. The molecule has 0 heterocycles. The lowest BCUT2D eigenvalue weighted by Crippen LogP contribution is -2.28. The third kappa shape index (κ3) is 5.90. The second-order valence-electron chi connectivity index (χ2n) is 5.82. The first-order valence-corrected chi connectivity index (χ1v) is 9.90. The molecule has 0 bridgehead atoms. The van der Waals surface area contributed by atoms with Gasteiger partial charge in [0.2, 0.25) is 10.0 Å². The summed E-state index contributed by atoms with van der Waals surface area (Å²) in [4.78, 5) is 24.1. The Morgan fingerprint density at radius 1 is 1.07 bits per heavy atom. The first kappa shape index (κ1) is 20.6. The highest BCUT2D eigenvalue weighted by atomic mass is 32.2. The normalized spacial score (nSPS) is 11.0. The molecule has 2 rings (SSSR count). The molecule has 27 heavy (non-hydrogen) atoms. The molecule has 2 N–H and O–H groups in total. The molecule has 0 unspecified atom stereocenters. The Bertz CT molecular complexity index is 911. The van der Waals surface area contributed by atoms with Crippen LogP contribution in [-0.4, -0.2) is 33.4 Å². The van der Waals surface area contributed by atoms with E-state index in [1.807, 2.05) is 30.3 Å². The highest BCUT2D eigenvalue weighted by molar-refractivity contribution is 7.89. The van der Waals surface area contributed by atoms with Gasteiger partial charge in [0.1, 0.15) is 0 Å². The number of rotatable bonds is 8. The number of aryl methyl sites for hydroxylation is 1. The lowest BCUT2D eigenvalue weighted by atomic mass is 10.1. The van der Waals surface area contributed by atoms with Crippen LogP contribution < -0.4 is 10.0 Å². The van der Waals surface area contributed by atoms with Crippen molar-refractivity contribution >= 4 is 21.9 Å². The lowest BCUT2D eigenvalue weighted by molar-refractivity contribution is -0.124. The van der Waals surface area contributed by atoms with E-state index < -0.39 is 28.5 Å². The van der Waals surface area contributed by atoms with Crippen molar-refractivity contribution < 1.29 is 22.7 Å². The van der Waals surface area contributed by atoms with Gasteiger partial charge in [-0.25, -0.2) is 17.9 Å². The van der Waals surface area contributed by atoms with Crippen LogP contribution in [0.5, 0.6) is 0 Å². The Labute approximate surface area is 158 Å². The maximum atomic E-state index is 12.3. The summed E-state index contributed by atoms with van der Waals surface area (Å²) in [6.07, 6.45) is 0. The quantitative estimate of drug-likeness (QED) is 0.669. The van der Waals surface area contributed by atoms with Crippen molar-refractivity contribution in [3.8, 4) is 0 Å². The molecule has 0 saturated carbocycles. The molecule has 8 heteroatoms. The van der Waals surface area contributed by atoms with Crippen LogP contribution in [0.4, 0.5) is 0 Å².